The van der Waals surface area contributed by atoms with E-state index in [1.54, 1.807) is 6.92 Å². The van der Waals surface area contributed by atoms with Crippen LogP contribution in [-0.4, -0.2) is 57.4 Å². The number of aliphatic carboxylic acids is 1. The van der Waals surface area contributed by atoms with Gasteiger partial charge in [-0.25, -0.2) is 4.79 Å². The van der Waals surface area contributed by atoms with Crippen molar-refractivity contribution in [2.75, 3.05) is 31.1 Å². The molecule has 2 amide bonds. The van der Waals surface area contributed by atoms with Gasteiger partial charge in [-0.2, -0.15) is 0 Å². The van der Waals surface area contributed by atoms with E-state index in [1.807, 2.05) is 6.92 Å². The number of rotatable bonds is 5. The molecule has 110 valence electrons. The number of carbonyl (C=O) groups is 2. The first kappa shape index (κ1) is 15.9. The van der Waals surface area contributed by atoms with Gasteiger partial charge >= 0.3 is 12.0 Å². The van der Waals surface area contributed by atoms with Crippen LogP contribution in [0.2, 0.25) is 0 Å². The Balaban J connectivity index is 2.44. The Morgan fingerprint density at radius 1 is 1.47 bits per heavy atom. The van der Waals surface area contributed by atoms with Crippen LogP contribution in [0.25, 0.3) is 0 Å². The van der Waals surface area contributed by atoms with Crippen LogP contribution in [0.4, 0.5) is 4.79 Å². The second-order valence-corrected chi connectivity index (χ2v) is 6.92. The summed E-state index contributed by atoms with van der Waals surface area (Å²) in [5, 5.41) is 11.9. The van der Waals surface area contributed by atoms with Crippen molar-refractivity contribution >= 4 is 22.8 Å². The Labute approximate surface area is 116 Å². The van der Waals surface area contributed by atoms with Crippen LogP contribution in [0.5, 0.6) is 0 Å². The number of likely N-dealkylation sites (tertiary alicyclic amines) is 1. The van der Waals surface area contributed by atoms with Gasteiger partial charge in [-0.05, 0) is 19.8 Å². The lowest BCUT2D eigenvalue weighted by molar-refractivity contribution is -0.150. The molecule has 6 nitrogen and oxygen atoms in total. The highest BCUT2D eigenvalue weighted by atomic mass is 32.2. The second kappa shape index (κ2) is 6.88. The van der Waals surface area contributed by atoms with Crippen molar-refractivity contribution in [1.29, 1.82) is 0 Å². The van der Waals surface area contributed by atoms with Crippen molar-refractivity contribution in [3.63, 3.8) is 0 Å². The van der Waals surface area contributed by atoms with Crippen LogP contribution in [0.15, 0.2) is 0 Å². The Kier molecular flexibility index (Phi) is 5.78. The lowest BCUT2D eigenvalue weighted by Crippen LogP contribution is -2.51. The van der Waals surface area contributed by atoms with Gasteiger partial charge in [0, 0.05) is 41.9 Å². The monoisotopic (exact) mass is 290 g/mol. The molecule has 0 radical (unpaired) electrons. The van der Waals surface area contributed by atoms with E-state index in [0.29, 0.717) is 37.4 Å². The summed E-state index contributed by atoms with van der Waals surface area (Å²) in [6, 6.07) is -0.264. The van der Waals surface area contributed by atoms with E-state index >= 15 is 0 Å². The molecule has 19 heavy (non-hydrogen) atoms. The van der Waals surface area contributed by atoms with E-state index in [-0.39, 0.29) is 12.6 Å². The van der Waals surface area contributed by atoms with E-state index < -0.39 is 22.2 Å². The maximum atomic E-state index is 11.9. The summed E-state index contributed by atoms with van der Waals surface area (Å²) < 4.78 is 11.2. The SMILES string of the molecule is CCS(=O)CCNC(=O)N1CCCC(C)(C(=O)O)C1. The minimum atomic E-state index is -0.898. The normalized spacial score (nSPS) is 24.8. The number of nitrogens with zero attached hydrogens (tertiary/aromatic N) is 1. The molecule has 1 heterocycles. The zero-order valence-electron chi connectivity index (χ0n) is 11.5. The van der Waals surface area contributed by atoms with Crippen LogP contribution in [-0.2, 0) is 15.6 Å². The van der Waals surface area contributed by atoms with Crippen molar-refractivity contribution in [1.82, 2.24) is 10.2 Å². The number of urea groups is 1. The first-order valence-corrected chi connectivity index (χ1v) is 7.99. The maximum Gasteiger partial charge on any atom is 0.317 e. The molecular weight excluding hydrogens is 268 g/mol. The molecular formula is C12H22N2O4S. The van der Waals surface area contributed by atoms with Gasteiger partial charge in [-0.3, -0.25) is 9.00 Å². The van der Waals surface area contributed by atoms with Crippen LogP contribution in [0.3, 0.4) is 0 Å². The Morgan fingerprint density at radius 2 is 2.16 bits per heavy atom. The third-order valence-electron chi connectivity index (χ3n) is 3.43. The highest BCUT2D eigenvalue weighted by molar-refractivity contribution is 7.84. The van der Waals surface area contributed by atoms with E-state index in [9.17, 15) is 18.9 Å². The quantitative estimate of drug-likeness (QED) is 0.778. The molecule has 0 spiro atoms. The minimum absolute atomic E-state index is 0.227. The van der Waals surface area contributed by atoms with Gasteiger partial charge in [-0.1, -0.05) is 6.92 Å². The number of carbonyl (C=O) groups excluding carboxylic acids is 1. The fourth-order valence-electron chi connectivity index (χ4n) is 2.12. The summed E-state index contributed by atoms with van der Waals surface area (Å²) in [4.78, 5) is 24.6. The lowest BCUT2D eigenvalue weighted by Gasteiger charge is -2.37. The van der Waals surface area contributed by atoms with Crippen molar-refractivity contribution in [2.24, 2.45) is 5.41 Å². The molecule has 0 bridgehead atoms. The zero-order chi connectivity index (χ0) is 14.5. The predicted octanol–water partition coefficient (Wildman–Crippen LogP) is 0.651. The first-order chi connectivity index (χ1) is 8.89. The van der Waals surface area contributed by atoms with E-state index in [1.165, 1.54) is 4.90 Å². The molecule has 0 aromatic rings. The molecule has 2 unspecified atom stereocenters. The molecule has 2 atom stereocenters. The van der Waals surface area contributed by atoms with Gasteiger partial charge in [0.1, 0.15) is 0 Å². The van der Waals surface area contributed by atoms with E-state index in [2.05, 4.69) is 5.32 Å². The predicted molar refractivity (Wildman–Crippen MR) is 73.5 cm³/mol. The molecule has 0 aliphatic carbocycles. The van der Waals surface area contributed by atoms with Crippen LogP contribution < -0.4 is 5.32 Å². The summed E-state index contributed by atoms with van der Waals surface area (Å²) in [7, 11) is -0.898. The van der Waals surface area contributed by atoms with Gasteiger partial charge in [0.15, 0.2) is 0 Å². The molecule has 0 aromatic carbocycles. The molecule has 1 aliphatic rings. The minimum Gasteiger partial charge on any atom is -0.481 e. The number of nitrogens with one attached hydrogen (secondary N) is 1. The average Bonchev–Trinajstić information content (AvgIpc) is 2.38. The van der Waals surface area contributed by atoms with Gasteiger partial charge in [-0.15, -0.1) is 0 Å². The van der Waals surface area contributed by atoms with Gasteiger partial charge in [0.25, 0.3) is 0 Å². The largest absolute Gasteiger partial charge is 0.481 e. The Morgan fingerprint density at radius 3 is 2.74 bits per heavy atom. The average molecular weight is 290 g/mol. The van der Waals surface area contributed by atoms with Crippen LogP contribution >= 0.6 is 0 Å². The molecule has 1 rings (SSSR count). The maximum absolute atomic E-state index is 11.9. The fraction of sp³-hybridized carbons (Fsp3) is 0.833. The van der Waals surface area contributed by atoms with E-state index in [4.69, 9.17) is 0 Å². The lowest BCUT2D eigenvalue weighted by atomic mass is 9.82. The third-order valence-corrected chi connectivity index (χ3v) is 4.73. The fourth-order valence-corrected chi connectivity index (χ4v) is 2.73. The Hall–Kier alpha value is -1.11. The number of amides is 2. The molecule has 1 saturated heterocycles. The number of hydrogen-bond donors (Lipinski definition) is 2. The molecule has 7 heteroatoms. The molecule has 0 aromatic heterocycles. The standard InChI is InChI=1S/C12H22N2O4S/c1-3-19(18)8-6-13-11(17)14-7-4-5-12(2,9-14)10(15)16/h3-9H2,1-2H3,(H,13,17)(H,15,16). The summed E-state index contributed by atoms with van der Waals surface area (Å²) in [6.07, 6.45) is 1.28. The van der Waals surface area contributed by atoms with Gasteiger partial charge in [0.2, 0.25) is 0 Å². The molecule has 1 fully saturated rings. The number of carboxylic acids is 1. The van der Waals surface area contributed by atoms with Crippen molar-refractivity contribution < 1.29 is 18.9 Å². The van der Waals surface area contributed by atoms with Crippen molar-refractivity contribution in [2.45, 2.75) is 26.7 Å². The molecule has 1 aliphatic heterocycles. The summed E-state index contributed by atoms with van der Waals surface area (Å²) >= 11 is 0. The molecule has 0 saturated carbocycles. The van der Waals surface area contributed by atoms with Gasteiger partial charge in [0.05, 0.1) is 5.41 Å². The van der Waals surface area contributed by atoms with E-state index in [0.717, 1.165) is 0 Å². The number of carboxylic acid groups (broad SMARTS) is 1. The summed E-state index contributed by atoms with van der Waals surface area (Å²) in [5.74, 6) is 0.153. The Bertz CT molecular complexity index is 375. The smallest absolute Gasteiger partial charge is 0.317 e. The first-order valence-electron chi connectivity index (χ1n) is 6.50. The summed E-state index contributed by atoms with van der Waals surface area (Å²) in [5.41, 5.74) is -0.859. The highest BCUT2D eigenvalue weighted by Crippen LogP contribution is 2.29. The van der Waals surface area contributed by atoms with Crippen LogP contribution in [0, 0.1) is 5.41 Å². The second-order valence-electron chi connectivity index (χ2n) is 5.06. The molecule has 2 N–H and O–H groups in total. The van der Waals surface area contributed by atoms with Gasteiger partial charge < -0.3 is 15.3 Å². The van der Waals surface area contributed by atoms with Crippen molar-refractivity contribution in [3.8, 4) is 0 Å². The number of hydrogen-bond acceptors (Lipinski definition) is 3. The number of piperidine rings is 1. The summed E-state index contributed by atoms with van der Waals surface area (Å²) in [6.45, 7) is 4.66. The van der Waals surface area contributed by atoms with Crippen molar-refractivity contribution in [3.05, 3.63) is 0 Å². The zero-order valence-corrected chi connectivity index (χ0v) is 12.3. The highest BCUT2D eigenvalue weighted by Gasteiger charge is 2.39. The topological polar surface area (TPSA) is 86.7 Å². The third kappa shape index (κ3) is 4.49. The van der Waals surface area contributed by atoms with Crippen LogP contribution in [0.1, 0.15) is 26.7 Å².